The van der Waals surface area contributed by atoms with Crippen molar-refractivity contribution in [2.75, 3.05) is 6.54 Å². The molecule has 4 heteroatoms. The Morgan fingerprint density at radius 1 is 1.50 bits per heavy atom. The van der Waals surface area contributed by atoms with E-state index in [1.807, 2.05) is 13.8 Å². The Balaban J connectivity index is 3.42. The molecule has 1 amide bonds. The summed E-state index contributed by atoms with van der Waals surface area (Å²) < 4.78 is 0. The number of hydrogen-bond acceptors (Lipinski definition) is 3. The largest absolute Gasteiger partial charge is 0.356 e. The second kappa shape index (κ2) is 6.39. The van der Waals surface area contributed by atoms with Gasteiger partial charge in [-0.15, -0.1) is 0 Å². The van der Waals surface area contributed by atoms with Crippen molar-refractivity contribution in [2.45, 2.75) is 45.1 Å². The number of carbonyl (C=O) groups is 1. The molecule has 0 aliphatic rings. The lowest BCUT2D eigenvalue weighted by atomic mass is 10.0. The Morgan fingerprint density at radius 2 is 2.14 bits per heavy atom. The van der Waals surface area contributed by atoms with E-state index in [4.69, 9.17) is 11.0 Å². The number of nitrogens with two attached hydrogens (primary N) is 1. The fourth-order valence-electron chi connectivity index (χ4n) is 1.03. The topological polar surface area (TPSA) is 78.9 Å². The van der Waals surface area contributed by atoms with Gasteiger partial charge in [0.2, 0.25) is 5.91 Å². The van der Waals surface area contributed by atoms with Crippen molar-refractivity contribution in [3.63, 3.8) is 0 Å². The molecule has 0 bridgehead atoms. The van der Waals surface area contributed by atoms with Crippen LogP contribution in [0.2, 0.25) is 0 Å². The molecule has 0 aromatic carbocycles. The maximum absolute atomic E-state index is 11.2. The third kappa shape index (κ3) is 9.01. The molecule has 0 radical (unpaired) electrons. The first kappa shape index (κ1) is 12.9. The van der Waals surface area contributed by atoms with Gasteiger partial charge in [0.25, 0.3) is 0 Å². The Kier molecular flexibility index (Phi) is 5.89. The number of amides is 1. The van der Waals surface area contributed by atoms with E-state index in [9.17, 15) is 4.79 Å². The van der Waals surface area contributed by atoms with E-state index in [0.29, 0.717) is 19.4 Å². The summed E-state index contributed by atoms with van der Waals surface area (Å²) in [6.45, 7) is 4.28. The average Bonchev–Trinajstić information content (AvgIpc) is 2.00. The zero-order valence-corrected chi connectivity index (χ0v) is 8.97. The lowest BCUT2D eigenvalue weighted by molar-refractivity contribution is -0.122. The van der Waals surface area contributed by atoms with Crippen LogP contribution in [0.15, 0.2) is 0 Å². The quantitative estimate of drug-likeness (QED) is 0.621. The highest BCUT2D eigenvalue weighted by Gasteiger charge is 2.15. The zero-order chi connectivity index (χ0) is 11.0. The van der Waals surface area contributed by atoms with Crippen molar-refractivity contribution in [2.24, 2.45) is 5.73 Å². The van der Waals surface area contributed by atoms with E-state index < -0.39 is 5.54 Å². The Morgan fingerprint density at radius 3 is 2.64 bits per heavy atom. The van der Waals surface area contributed by atoms with Gasteiger partial charge >= 0.3 is 0 Å². The van der Waals surface area contributed by atoms with Gasteiger partial charge in [0.15, 0.2) is 0 Å². The lowest BCUT2D eigenvalue weighted by Gasteiger charge is -2.17. The highest BCUT2D eigenvalue weighted by molar-refractivity contribution is 5.76. The Bertz CT molecular complexity index is 212. The van der Waals surface area contributed by atoms with Crippen LogP contribution in [0.1, 0.15) is 39.5 Å². The van der Waals surface area contributed by atoms with Gasteiger partial charge in [-0.1, -0.05) is 0 Å². The number of nitrogens with zero attached hydrogens (tertiary/aromatic N) is 1. The molecule has 0 heterocycles. The predicted octanol–water partition coefficient (Wildman–Crippen LogP) is 0.924. The fraction of sp³-hybridized carbons (Fsp3) is 0.800. The normalized spacial score (nSPS) is 10.7. The van der Waals surface area contributed by atoms with Gasteiger partial charge in [0.05, 0.1) is 6.07 Å². The number of unbranched alkanes of at least 4 members (excludes halogenated alkanes) is 2. The van der Waals surface area contributed by atoms with Crippen LogP contribution in [-0.2, 0) is 4.79 Å². The smallest absolute Gasteiger partial charge is 0.221 e. The highest BCUT2D eigenvalue weighted by atomic mass is 16.1. The minimum absolute atomic E-state index is 0.0190. The molecule has 0 aromatic rings. The second-order valence-electron chi connectivity index (χ2n) is 4.13. The molecule has 80 valence electrons. The van der Waals surface area contributed by atoms with Crippen LogP contribution in [0.5, 0.6) is 0 Å². The second-order valence-corrected chi connectivity index (χ2v) is 4.13. The van der Waals surface area contributed by atoms with Crippen molar-refractivity contribution in [1.82, 2.24) is 5.32 Å². The first-order valence-electron chi connectivity index (χ1n) is 4.88. The minimum atomic E-state index is -0.448. The molecule has 0 fully saturated rings. The third-order valence-corrected chi connectivity index (χ3v) is 1.65. The number of hydrogen-bond donors (Lipinski definition) is 2. The monoisotopic (exact) mass is 197 g/mol. The van der Waals surface area contributed by atoms with Gasteiger partial charge in [-0.05, 0) is 26.7 Å². The summed E-state index contributed by atoms with van der Waals surface area (Å²) in [4.78, 5) is 11.2. The van der Waals surface area contributed by atoms with Gasteiger partial charge in [-0.2, -0.15) is 5.26 Å². The van der Waals surface area contributed by atoms with E-state index in [1.165, 1.54) is 0 Å². The molecule has 4 nitrogen and oxygen atoms in total. The molecule has 3 N–H and O–H groups in total. The zero-order valence-electron chi connectivity index (χ0n) is 8.97. The van der Waals surface area contributed by atoms with Crippen LogP contribution in [-0.4, -0.2) is 18.0 Å². The molecule has 0 spiro atoms. The third-order valence-electron chi connectivity index (χ3n) is 1.65. The van der Waals surface area contributed by atoms with Gasteiger partial charge in [-0.3, -0.25) is 4.79 Å². The first-order valence-corrected chi connectivity index (χ1v) is 4.88. The summed E-state index contributed by atoms with van der Waals surface area (Å²) in [5.41, 5.74) is 5.24. The molecule has 0 aliphatic carbocycles. The van der Waals surface area contributed by atoms with E-state index in [-0.39, 0.29) is 5.91 Å². The van der Waals surface area contributed by atoms with Gasteiger partial charge in [0, 0.05) is 24.9 Å². The van der Waals surface area contributed by atoms with Crippen LogP contribution < -0.4 is 11.1 Å². The molecular formula is C10H19N3O. The number of nitrogens with one attached hydrogen (secondary N) is 1. The molecule has 0 aromatic heterocycles. The van der Waals surface area contributed by atoms with Crippen molar-refractivity contribution in [3.05, 3.63) is 0 Å². The average molecular weight is 197 g/mol. The summed E-state index contributed by atoms with van der Waals surface area (Å²) in [5.74, 6) is -0.0190. The van der Waals surface area contributed by atoms with Crippen molar-refractivity contribution < 1.29 is 4.79 Å². The van der Waals surface area contributed by atoms with E-state index in [2.05, 4.69) is 11.4 Å². The van der Waals surface area contributed by atoms with E-state index >= 15 is 0 Å². The first-order chi connectivity index (χ1) is 6.45. The Labute approximate surface area is 85.5 Å². The molecule has 0 saturated carbocycles. The molecule has 0 atom stereocenters. The van der Waals surface area contributed by atoms with Crippen molar-refractivity contribution >= 4 is 5.91 Å². The summed E-state index contributed by atoms with van der Waals surface area (Å²) >= 11 is 0. The minimum Gasteiger partial charge on any atom is -0.356 e. The van der Waals surface area contributed by atoms with E-state index in [1.54, 1.807) is 0 Å². The van der Waals surface area contributed by atoms with Crippen LogP contribution in [0, 0.1) is 11.3 Å². The van der Waals surface area contributed by atoms with Crippen LogP contribution in [0.25, 0.3) is 0 Å². The molecule has 0 unspecified atom stereocenters. The Hall–Kier alpha value is -1.08. The number of carbonyl (C=O) groups excluding carboxylic acids is 1. The maximum atomic E-state index is 11.2. The fourth-order valence-corrected chi connectivity index (χ4v) is 1.03. The van der Waals surface area contributed by atoms with Gasteiger partial charge in [-0.25, -0.2) is 0 Å². The summed E-state index contributed by atoms with van der Waals surface area (Å²) in [7, 11) is 0. The van der Waals surface area contributed by atoms with Crippen molar-refractivity contribution in [1.29, 1.82) is 5.26 Å². The summed E-state index contributed by atoms with van der Waals surface area (Å²) in [6.07, 6.45) is 2.58. The lowest BCUT2D eigenvalue weighted by Crippen LogP contribution is -2.39. The highest BCUT2D eigenvalue weighted by Crippen LogP contribution is 2.02. The van der Waals surface area contributed by atoms with Crippen LogP contribution in [0.3, 0.4) is 0 Å². The molecule has 0 aliphatic heterocycles. The molecule has 14 heavy (non-hydrogen) atoms. The summed E-state index contributed by atoms with van der Waals surface area (Å²) in [5, 5.41) is 11.0. The SMILES string of the molecule is CC(C)(N)CC(=O)NCCCCC#N. The maximum Gasteiger partial charge on any atom is 0.221 e. The predicted molar refractivity (Wildman–Crippen MR) is 55.4 cm³/mol. The van der Waals surface area contributed by atoms with Crippen LogP contribution in [0.4, 0.5) is 0 Å². The molecule has 0 rings (SSSR count). The number of nitriles is 1. The van der Waals surface area contributed by atoms with Gasteiger partial charge < -0.3 is 11.1 Å². The molecule has 0 saturated heterocycles. The standard InChI is InChI=1S/C10H19N3O/c1-10(2,12)8-9(14)13-7-5-3-4-6-11/h3-5,7-8,12H2,1-2H3,(H,13,14). The number of rotatable bonds is 6. The van der Waals surface area contributed by atoms with E-state index in [0.717, 1.165) is 12.8 Å². The summed E-state index contributed by atoms with van der Waals surface area (Å²) in [6, 6.07) is 2.06. The van der Waals surface area contributed by atoms with Gasteiger partial charge in [0.1, 0.15) is 0 Å². The van der Waals surface area contributed by atoms with Crippen molar-refractivity contribution in [3.8, 4) is 6.07 Å². The molecular weight excluding hydrogens is 178 g/mol. The van der Waals surface area contributed by atoms with Crippen LogP contribution >= 0.6 is 0 Å².